The van der Waals surface area contributed by atoms with Gasteiger partial charge in [0.25, 0.3) is 0 Å². The van der Waals surface area contributed by atoms with Gasteiger partial charge in [0.2, 0.25) is 0 Å². The number of hydrogen-bond acceptors (Lipinski definition) is 9. The van der Waals surface area contributed by atoms with E-state index in [1.165, 1.54) is 0 Å². The van der Waals surface area contributed by atoms with Crippen LogP contribution in [0.5, 0.6) is 11.5 Å². The second-order valence-corrected chi connectivity index (χ2v) is 9.77. The summed E-state index contributed by atoms with van der Waals surface area (Å²) in [5, 5.41) is 13.6. The highest BCUT2D eigenvalue weighted by atomic mass is 16.5. The summed E-state index contributed by atoms with van der Waals surface area (Å²) in [6.45, 7) is 5.49. The zero-order chi connectivity index (χ0) is 26.7. The van der Waals surface area contributed by atoms with Gasteiger partial charge >= 0.3 is 0 Å². The van der Waals surface area contributed by atoms with Gasteiger partial charge < -0.3 is 43.7 Å². The largest absolute Gasteiger partial charge is 0.497 e. The van der Waals surface area contributed by atoms with Gasteiger partial charge in [-0.3, -0.25) is 0 Å². The Labute approximate surface area is 225 Å². The summed E-state index contributed by atoms with van der Waals surface area (Å²) in [4.78, 5) is 2.36. The number of hydrogen-bond donors (Lipinski definition) is 2. The van der Waals surface area contributed by atoms with E-state index in [1.807, 2.05) is 18.2 Å². The quantitative estimate of drug-likeness (QED) is 0.358. The summed E-state index contributed by atoms with van der Waals surface area (Å²) in [7, 11) is 4.97. The van der Waals surface area contributed by atoms with Crippen LogP contribution in [0.4, 0.5) is 5.69 Å². The number of piperidine rings is 1. The molecule has 4 atom stereocenters. The molecule has 0 saturated carbocycles. The predicted octanol–water partition coefficient (Wildman–Crippen LogP) is 2.60. The number of fused-ring (bicyclic) bond motifs is 1. The molecule has 2 unspecified atom stereocenters. The number of aliphatic hydroxyl groups excluding tert-OH is 1. The van der Waals surface area contributed by atoms with Crippen molar-refractivity contribution >= 4 is 5.69 Å². The Balaban J connectivity index is 1.47. The molecular weight excluding hydrogens is 488 g/mol. The molecule has 0 aromatic heterocycles. The monoisotopic (exact) mass is 530 g/mol. The Hall–Kier alpha value is -2.40. The number of nitrogens with zero attached hydrogens (tertiary/aromatic N) is 1. The van der Waals surface area contributed by atoms with Gasteiger partial charge in [-0.1, -0.05) is 18.2 Å². The lowest BCUT2D eigenvalue weighted by Gasteiger charge is -2.39. The van der Waals surface area contributed by atoms with Crippen LogP contribution in [0, 0.1) is 0 Å². The van der Waals surface area contributed by atoms with E-state index in [1.54, 1.807) is 21.3 Å². The summed E-state index contributed by atoms with van der Waals surface area (Å²) in [6, 6.07) is 14.4. The van der Waals surface area contributed by atoms with Gasteiger partial charge in [0.1, 0.15) is 24.2 Å². The number of ether oxygens (including phenoxy) is 6. The molecule has 0 spiro atoms. The third-order valence-corrected chi connectivity index (χ3v) is 7.08. The van der Waals surface area contributed by atoms with E-state index >= 15 is 0 Å². The minimum atomic E-state index is -0.678. The van der Waals surface area contributed by atoms with Crippen LogP contribution >= 0.6 is 0 Å². The molecule has 2 aromatic rings. The highest BCUT2D eigenvalue weighted by molar-refractivity contribution is 5.61. The third kappa shape index (κ3) is 7.59. The number of methoxy groups -OCH3 is 3. The maximum absolute atomic E-state index is 10.2. The van der Waals surface area contributed by atoms with Gasteiger partial charge in [0, 0.05) is 46.4 Å². The van der Waals surface area contributed by atoms with Crippen LogP contribution in [0.3, 0.4) is 0 Å². The Morgan fingerprint density at radius 3 is 2.53 bits per heavy atom. The average molecular weight is 531 g/mol. The standard InChI is InChI=1S/C29H42N2O7/c1-33-13-4-11-31-12-14-36-26-10-5-21(15-25(26)31)18-37-27-16-30-17-28(38-20-23(32)19-34-2)29(27)22-6-8-24(35-3)9-7-22/h5-10,15,23,27-30,32H,4,11-14,16-20H2,1-3H3/t23?,27-,28+,29?/m0/s1. The minimum Gasteiger partial charge on any atom is -0.497 e. The number of rotatable bonds is 14. The highest BCUT2D eigenvalue weighted by Gasteiger charge is 2.36. The fourth-order valence-corrected chi connectivity index (χ4v) is 5.16. The van der Waals surface area contributed by atoms with Gasteiger partial charge in [0.05, 0.1) is 51.4 Å². The van der Waals surface area contributed by atoms with Crippen molar-refractivity contribution in [2.75, 3.05) is 78.8 Å². The summed E-state index contributed by atoms with van der Waals surface area (Å²) >= 11 is 0. The molecule has 2 aliphatic heterocycles. The summed E-state index contributed by atoms with van der Waals surface area (Å²) in [5.41, 5.74) is 3.32. The van der Waals surface area contributed by atoms with E-state index in [9.17, 15) is 5.11 Å². The molecule has 210 valence electrons. The SMILES string of the molecule is COCCCN1CCOc2ccc(CO[C@H]3CNC[C@@H](OCC(O)COC)C3c3ccc(OC)cc3)cc21. The van der Waals surface area contributed by atoms with E-state index in [0.29, 0.717) is 26.3 Å². The molecule has 4 rings (SSSR count). The normalized spacial score (nSPS) is 22.0. The van der Waals surface area contributed by atoms with Gasteiger partial charge in [-0.05, 0) is 41.8 Å². The van der Waals surface area contributed by atoms with E-state index in [2.05, 4.69) is 34.5 Å². The Morgan fingerprint density at radius 1 is 1.00 bits per heavy atom. The first-order valence-electron chi connectivity index (χ1n) is 13.4. The molecule has 0 aliphatic carbocycles. The topological polar surface area (TPSA) is 90.9 Å². The van der Waals surface area contributed by atoms with Gasteiger partial charge in [0.15, 0.2) is 0 Å². The van der Waals surface area contributed by atoms with Crippen molar-refractivity contribution in [3.05, 3.63) is 53.6 Å². The molecule has 1 fully saturated rings. The molecule has 2 N–H and O–H groups in total. The summed E-state index contributed by atoms with van der Waals surface area (Å²) in [5.74, 6) is 1.71. The molecule has 9 nitrogen and oxygen atoms in total. The van der Waals surface area contributed by atoms with Crippen molar-refractivity contribution in [2.45, 2.75) is 37.3 Å². The lowest BCUT2D eigenvalue weighted by atomic mass is 9.85. The lowest BCUT2D eigenvalue weighted by Crippen LogP contribution is -2.51. The van der Waals surface area contributed by atoms with Crippen LogP contribution < -0.4 is 19.7 Å². The van der Waals surface area contributed by atoms with Crippen LogP contribution in [-0.2, 0) is 25.6 Å². The Morgan fingerprint density at radius 2 is 1.79 bits per heavy atom. The molecular formula is C29H42N2O7. The van der Waals surface area contributed by atoms with E-state index in [4.69, 9.17) is 28.4 Å². The number of anilines is 1. The van der Waals surface area contributed by atoms with E-state index < -0.39 is 6.10 Å². The van der Waals surface area contributed by atoms with Crippen LogP contribution in [0.15, 0.2) is 42.5 Å². The molecule has 1 saturated heterocycles. The highest BCUT2D eigenvalue weighted by Crippen LogP contribution is 2.35. The summed E-state index contributed by atoms with van der Waals surface area (Å²) < 4.78 is 34.3. The van der Waals surface area contributed by atoms with Crippen LogP contribution in [0.1, 0.15) is 23.5 Å². The molecule has 9 heteroatoms. The first kappa shape index (κ1) is 28.6. The maximum Gasteiger partial charge on any atom is 0.142 e. The van der Waals surface area contributed by atoms with Crippen molar-refractivity contribution in [2.24, 2.45) is 0 Å². The second kappa shape index (κ2) is 14.7. The molecule has 38 heavy (non-hydrogen) atoms. The van der Waals surface area contributed by atoms with Crippen molar-refractivity contribution < 1.29 is 33.5 Å². The van der Waals surface area contributed by atoms with Gasteiger partial charge in [-0.25, -0.2) is 0 Å². The summed E-state index contributed by atoms with van der Waals surface area (Å²) in [6.07, 6.45) is 0.00467. The van der Waals surface area contributed by atoms with Crippen molar-refractivity contribution in [1.29, 1.82) is 0 Å². The Kier molecular flexibility index (Phi) is 11.0. The third-order valence-electron chi connectivity index (χ3n) is 7.08. The zero-order valence-corrected chi connectivity index (χ0v) is 22.8. The molecule has 0 radical (unpaired) electrons. The minimum absolute atomic E-state index is 0.0107. The first-order chi connectivity index (χ1) is 18.6. The van der Waals surface area contributed by atoms with Crippen molar-refractivity contribution in [1.82, 2.24) is 5.32 Å². The van der Waals surface area contributed by atoms with Crippen molar-refractivity contribution in [3.63, 3.8) is 0 Å². The number of nitrogens with one attached hydrogen (secondary N) is 1. The number of aliphatic hydroxyl groups is 1. The van der Waals surface area contributed by atoms with Crippen LogP contribution in [0.2, 0.25) is 0 Å². The van der Waals surface area contributed by atoms with Crippen LogP contribution in [-0.4, -0.2) is 97.4 Å². The fraction of sp³-hybridized carbons (Fsp3) is 0.586. The van der Waals surface area contributed by atoms with Gasteiger partial charge in [-0.2, -0.15) is 0 Å². The average Bonchev–Trinajstić information content (AvgIpc) is 2.95. The Bertz CT molecular complexity index is 974. The second-order valence-electron chi connectivity index (χ2n) is 9.77. The first-order valence-corrected chi connectivity index (χ1v) is 13.4. The number of benzene rings is 2. The predicted molar refractivity (Wildman–Crippen MR) is 145 cm³/mol. The fourth-order valence-electron chi connectivity index (χ4n) is 5.16. The van der Waals surface area contributed by atoms with Crippen molar-refractivity contribution in [3.8, 4) is 11.5 Å². The molecule has 0 bridgehead atoms. The zero-order valence-electron chi connectivity index (χ0n) is 22.8. The molecule has 2 aliphatic rings. The molecule has 2 heterocycles. The maximum atomic E-state index is 10.2. The molecule has 2 aromatic carbocycles. The lowest BCUT2D eigenvalue weighted by molar-refractivity contribution is -0.0856. The molecule has 0 amide bonds. The van der Waals surface area contributed by atoms with E-state index in [0.717, 1.165) is 54.4 Å². The smallest absolute Gasteiger partial charge is 0.142 e. The van der Waals surface area contributed by atoms with Crippen LogP contribution in [0.25, 0.3) is 0 Å². The van der Waals surface area contributed by atoms with E-state index in [-0.39, 0.29) is 31.3 Å². The van der Waals surface area contributed by atoms with Gasteiger partial charge in [-0.15, -0.1) is 0 Å².